The lowest BCUT2D eigenvalue weighted by Crippen LogP contribution is -2.58. The smallest absolute Gasteiger partial charge is 0.241 e. The first-order chi connectivity index (χ1) is 9.09. The Bertz CT molecular complexity index is 415. The Morgan fingerprint density at radius 2 is 1.95 bits per heavy atom. The van der Waals surface area contributed by atoms with Crippen LogP contribution in [0.4, 0.5) is 5.69 Å². The number of hydrogen-bond donors (Lipinski definition) is 1. The van der Waals surface area contributed by atoms with Gasteiger partial charge in [-0.05, 0) is 33.0 Å². The van der Waals surface area contributed by atoms with Crippen molar-refractivity contribution in [2.45, 2.75) is 25.9 Å². The van der Waals surface area contributed by atoms with E-state index in [1.807, 2.05) is 42.3 Å². The summed E-state index contributed by atoms with van der Waals surface area (Å²) in [7, 11) is 2.02. The van der Waals surface area contributed by atoms with Crippen LogP contribution in [0.1, 0.15) is 13.8 Å². The number of nitrogens with zero attached hydrogens (tertiary/aromatic N) is 2. The number of hydrogen-bond acceptors (Lipinski definition) is 3. The van der Waals surface area contributed by atoms with E-state index in [0.717, 1.165) is 18.8 Å². The average Bonchev–Trinajstić information content (AvgIpc) is 2.27. The number of carbonyl (C=O) groups excluding carboxylic acids is 1. The van der Waals surface area contributed by atoms with E-state index in [2.05, 4.69) is 24.1 Å². The zero-order valence-corrected chi connectivity index (χ0v) is 12.0. The summed E-state index contributed by atoms with van der Waals surface area (Å²) in [5.74, 6) is 0.163. The van der Waals surface area contributed by atoms with Crippen LogP contribution in [0.15, 0.2) is 30.3 Å². The number of anilines is 1. The first kappa shape index (κ1) is 14.0. The summed E-state index contributed by atoms with van der Waals surface area (Å²) < 4.78 is 0. The summed E-state index contributed by atoms with van der Waals surface area (Å²) >= 11 is 0. The molecule has 1 N–H and O–H groups in total. The predicted molar refractivity (Wildman–Crippen MR) is 78.4 cm³/mol. The minimum absolute atomic E-state index is 0.163. The highest BCUT2D eigenvalue weighted by Gasteiger charge is 2.26. The van der Waals surface area contributed by atoms with Gasteiger partial charge in [0, 0.05) is 30.9 Å². The Kier molecular flexibility index (Phi) is 4.56. The van der Waals surface area contributed by atoms with E-state index >= 15 is 0 Å². The van der Waals surface area contributed by atoms with Gasteiger partial charge in [-0.3, -0.25) is 9.69 Å². The first-order valence-electron chi connectivity index (χ1n) is 6.87. The third-order valence-corrected chi connectivity index (χ3v) is 3.59. The third-order valence-electron chi connectivity index (χ3n) is 3.59. The second-order valence-corrected chi connectivity index (χ2v) is 5.42. The molecule has 1 fully saturated rings. The maximum Gasteiger partial charge on any atom is 0.241 e. The van der Waals surface area contributed by atoms with E-state index in [9.17, 15) is 4.79 Å². The molecule has 4 heteroatoms. The Morgan fingerprint density at radius 1 is 1.32 bits per heavy atom. The van der Waals surface area contributed by atoms with Crippen molar-refractivity contribution in [2.75, 3.05) is 31.6 Å². The van der Waals surface area contributed by atoms with Gasteiger partial charge in [0.25, 0.3) is 0 Å². The molecule has 1 amide bonds. The quantitative estimate of drug-likeness (QED) is 0.868. The van der Waals surface area contributed by atoms with E-state index in [-0.39, 0.29) is 11.9 Å². The number of nitrogens with one attached hydrogen (secondary N) is 1. The molecule has 1 saturated heterocycles. The van der Waals surface area contributed by atoms with E-state index in [1.54, 1.807) is 0 Å². The maximum atomic E-state index is 12.5. The molecule has 0 bridgehead atoms. The van der Waals surface area contributed by atoms with Gasteiger partial charge in [-0.2, -0.15) is 0 Å². The van der Waals surface area contributed by atoms with Crippen LogP contribution in [0, 0.1) is 0 Å². The molecule has 0 aliphatic carbocycles. The van der Waals surface area contributed by atoms with E-state index < -0.39 is 0 Å². The minimum Gasteiger partial charge on any atom is -0.314 e. The Hall–Kier alpha value is -1.39. The van der Waals surface area contributed by atoms with Gasteiger partial charge in [0.1, 0.15) is 0 Å². The molecule has 1 aromatic rings. The van der Waals surface area contributed by atoms with Gasteiger partial charge in [0.15, 0.2) is 0 Å². The van der Waals surface area contributed by atoms with Crippen LogP contribution in [0.5, 0.6) is 0 Å². The normalized spacial score (nSPS) is 15.6. The standard InChI is InChI=1S/C15H23N3O/c1-12(2)18(13-7-5-4-6-8-13)15(19)11-17(3)14-9-16-10-14/h4-8,12,14,16H,9-11H2,1-3H3. The molecule has 0 saturated carbocycles. The van der Waals surface area contributed by atoms with Crippen molar-refractivity contribution in [1.29, 1.82) is 0 Å². The van der Waals surface area contributed by atoms with Gasteiger partial charge >= 0.3 is 0 Å². The average molecular weight is 261 g/mol. The van der Waals surface area contributed by atoms with Crippen LogP contribution in [0.2, 0.25) is 0 Å². The van der Waals surface area contributed by atoms with Crippen molar-refractivity contribution >= 4 is 11.6 Å². The van der Waals surface area contributed by atoms with Crippen molar-refractivity contribution < 1.29 is 4.79 Å². The lowest BCUT2D eigenvalue weighted by atomic mass is 10.1. The molecule has 104 valence electrons. The first-order valence-corrected chi connectivity index (χ1v) is 6.87. The largest absolute Gasteiger partial charge is 0.314 e. The van der Waals surface area contributed by atoms with Crippen molar-refractivity contribution in [3.8, 4) is 0 Å². The number of benzene rings is 1. The van der Waals surface area contributed by atoms with Gasteiger partial charge in [0.05, 0.1) is 6.54 Å². The molecule has 2 rings (SSSR count). The molecular formula is C15H23N3O. The van der Waals surface area contributed by atoms with Gasteiger partial charge in [-0.1, -0.05) is 18.2 Å². The number of carbonyl (C=O) groups is 1. The summed E-state index contributed by atoms with van der Waals surface area (Å²) in [5.41, 5.74) is 0.975. The molecule has 1 aliphatic heterocycles. The van der Waals surface area contributed by atoms with Gasteiger partial charge in [0.2, 0.25) is 5.91 Å². The predicted octanol–water partition coefficient (Wildman–Crippen LogP) is 1.33. The summed E-state index contributed by atoms with van der Waals surface area (Å²) in [6, 6.07) is 10.6. The van der Waals surface area contributed by atoms with Crippen LogP contribution in [0.3, 0.4) is 0 Å². The Balaban J connectivity index is 2.04. The zero-order chi connectivity index (χ0) is 13.8. The summed E-state index contributed by atoms with van der Waals surface area (Å²) in [4.78, 5) is 16.5. The third kappa shape index (κ3) is 3.33. The molecule has 0 atom stereocenters. The van der Waals surface area contributed by atoms with E-state index in [4.69, 9.17) is 0 Å². The zero-order valence-electron chi connectivity index (χ0n) is 12.0. The van der Waals surface area contributed by atoms with Crippen molar-refractivity contribution in [1.82, 2.24) is 10.2 Å². The van der Waals surface area contributed by atoms with Crippen LogP contribution in [0.25, 0.3) is 0 Å². The summed E-state index contributed by atoms with van der Waals surface area (Å²) in [5, 5.41) is 3.23. The molecule has 0 spiro atoms. The second kappa shape index (κ2) is 6.17. The Labute approximate surface area is 115 Å². The Morgan fingerprint density at radius 3 is 2.42 bits per heavy atom. The molecule has 1 heterocycles. The molecule has 4 nitrogen and oxygen atoms in total. The van der Waals surface area contributed by atoms with E-state index in [1.165, 1.54) is 0 Å². The molecule has 1 aromatic carbocycles. The second-order valence-electron chi connectivity index (χ2n) is 5.42. The summed E-state index contributed by atoms with van der Waals surface area (Å²) in [6.07, 6.45) is 0. The fraction of sp³-hybridized carbons (Fsp3) is 0.533. The number of rotatable bonds is 5. The van der Waals surface area contributed by atoms with Crippen LogP contribution < -0.4 is 10.2 Å². The van der Waals surface area contributed by atoms with Gasteiger partial charge in [-0.15, -0.1) is 0 Å². The molecule has 0 unspecified atom stereocenters. The highest BCUT2D eigenvalue weighted by molar-refractivity contribution is 5.95. The summed E-state index contributed by atoms with van der Waals surface area (Å²) in [6.45, 7) is 6.54. The van der Waals surface area contributed by atoms with E-state index in [0.29, 0.717) is 12.6 Å². The SMILES string of the molecule is CC(C)N(C(=O)CN(C)C1CNC1)c1ccccc1. The molecular weight excluding hydrogens is 238 g/mol. The minimum atomic E-state index is 0.163. The van der Waals surface area contributed by atoms with Crippen molar-refractivity contribution in [3.63, 3.8) is 0 Å². The van der Waals surface area contributed by atoms with Crippen LogP contribution in [-0.4, -0.2) is 49.6 Å². The number of para-hydroxylation sites is 1. The van der Waals surface area contributed by atoms with Crippen LogP contribution in [-0.2, 0) is 4.79 Å². The molecule has 1 aliphatic rings. The highest BCUT2D eigenvalue weighted by Crippen LogP contribution is 2.17. The van der Waals surface area contributed by atoms with Gasteiger partial charge in [-0.25, -0.2) is 0 Å². The highest BCUT2D eigenvalue weighted by atomic mass is 16.2. The fourth-order valence-corrected chi connectivity index (χ4v) is 2.32. The lowest BCUT2D eigenvalue weighted by Gasteiger charge is -2.37. The molecule has 0 aromatic heterocycles. The van der Waals surface area contributed by atoms with Crippen molar-refractivity contribution in [2.24, 2.45) is 0 Å². The fourth-order valence-electron chi connectivity index (χ4n) is 2.32. The van der Waals surface area contributed by atoms with Gasteiger partial charge < -0.3 is 10.2 Å². The number of amides is 1. The lowest BCUT2D eigenvalue weighted by molar-refractivity contribution is -0.120. The maximum absolute atomic E-state index is 12.5. The van der Waals surface area contributed by atoms with Crippen LogP contribution >= 0.6 is 0 Å². The number of likely N-dealkylation sites (N-methyl/N-ethyl adjacent to an activating group) is 1. The molecule has 0 radical (unpaired) electrons. The monoisotopic (exact) mass is 261 g/mol. The molecule has 19 heavy (non-hydrogen) atoms. The topological polar surface area (TPSA) is 35.6 Å². The van der Waals surface area contributed by atoms with Crippen molar-refractivity contribution in [3.05, 3.63) is 30.3 Å².